The van der Waals surface area contributed by atoms with Crippen LogP contribution in [0.25, 0.3) is 10.2 Å². The van der Waals surface area contributed by atoms with E-state index in [0.717, 1.165) is 43.8 Å². The van der Waals surface area contributed by atoms with Crippen molar-refractivity contribution in [2.45, 2.75) is 26.1 Å². The number of rotatable bonds is 6. The molecule has 1 saturated heterocycles. The van der Waals surface area contributed by atoms with Crippen LogP contribution in [0.1, 0.15) is 17.5 Å². The van der Waals surface area contributed by atoms with Crippen LogP contribution in [-0.4, -0.2) is 43.1 Å². The molecule has 0 spiro atoms. The SMILES string of the molecule is C[C@H](C(=O)NCc1ccccc1)[NH+]1CC[NH+](Cc2nc3ccccc3s2)CC1. The average molecular weight is 397 g/mol. The molecule has 4 rings (SSSR count). The van der Waals surface area contributed by atoms with Crippen LogP contribution in [0, 0.1) is 0 Å². The van der Waals surface area contributed by atoms with Crippen LogP contribution in [0.3, 0.4) is 0 Å². The summed E-state index contributed by atoms with van der Waals surface area (Å²) in [6.07, 6.45) is 0. The van der Waals surface area contributed by atoms with Gasteiger partial charge in [-0.15, -0.1) is 11.3 Å². The molecule has 1 aliphatic heterocycles. The lowest BCUT2D eigenvalue weighted by Gasteiger charge is -2.32. The third kappa shape index (κ3) is 4.58. The Hall–Kier alpha value is -2.28. The number of fused-ring (bicyclic) bond motifs is 1. The number of thiazole rings is 1. The van der Waals surface area contributed by atoms with E-state index >= 15 is 0 Å². The zero-order valence-corrected chi connectivity index (χ0v) is 17.1. The molecule has 28 heavy (non-hydrogen) atoms. The average Bonchev–Trinajstić information content (AvgIpc) is 3.15. The van der Waals surface area contributed by atoms with Crippen molar-refractivity contribution in [1.29, 1.82) is 0 Å². The number of para-hydroxylation sites is 1. The van der Waals surface area contributed by atoms with Crippen LogP contribution in [0.15, 0.2) is 54.6 Å². The van der Waals surface area contributed by atoms with Crippen molar-refractivity contribution in [3.05, 3.63) is 65.2 Å². The Kier molecular flexibility index (Phi) is 6.00. The van der Waals surface area contributed by atoms with Gasteiger partial charge < -0.3 is 15.1 Å². The summed E-state index contributed by atoms with van der Waals surface area (Å²) in [5.74, 6) is 0.147. The first-order valence-electron chi connectivity index (χ1n) is 10.0. The Morgan fingerprint density at radius 1 is 1.07 bits per heavy atom. The molecule has 1 amide bonds. The number of amides is 1. The topological polar surface area (TPSA) is 50.9 Å². The summed E-state index contributed by atoms with van der Waals surface area (Å²) >= 11 is 1.80. The fraction of sp³-hybridized carbons (Fsp3) is 0.364. The first kappa shape index (κ1) is 19.1. The lowest BCUT2D eigenvalue weighted by atomic mass is 10.2. The zero-order chi connectivity index (χ0) is 19.3. The first-order valence-corrected chi connectivity index (χ1v) is 10.8. The summed E-state index contributed by atoms with van der Waals surface area (Å²) in [7, 11) is 0. The molecule has 1 fully saturated rings. The van der Waals surface area contributed by atoms with E-state index in [0.29, 0.717) is 6.54 Å². The second kappa shape index (κ2) is 8.82. The van der Waals surface area contributed by atoms with Gasteiger partial charge in [-0.05, 0) is 24.6 Å². The van der Waals surface area contributed by atoms with Crippen molar-refractivity contribution in [3.63, 3.8) is 0 Å². The van der Waals surface area contributed by atoms with E-state index in [1.54, 1.807) is 16.2 Å². The standard InChI is InChI=1S/C22H26N4OS/c1-17(22(27)23-15-18-7-3-2-4-8-18)26-13-11-25(12-14-26)16-21-24-19-9-5-6-10-20(19)28-21/h2-10,17H,11-16H2,1H3,(H,23,27)/p+2/t17-/m1/s1. The number of hydrogen-bond acceptors (Lipinski definition) is 3. The molecule has 1 atom stereocenters. The van der Waals surface area contributed by atoms with E-state index in [-0.39, 0.29) is 11.9 Å². The van der Waals surface area contributed by atoms with E-state index in [1.165, 1.54) is 14.6 Å². The fourth-order valence-electron chi connectivity index (χ4n) is 3.87. The van der Waals surface area contributed by atoms with E-state index in [1.807, 2.05) is 43.3 Å². The summed E-state index contributed by atoms with van der Waals surface area (Å²) in [5.41, 5.74) is 2.25. The highest BCUT2D eigenvalue weighted by Crippen LogP contribution is 2.20. The molecule has 3 aromatic rings. The quantitative estimate of drug-likeness (QED) is 0.561. The Morgan fingerprint density at radius 2 is 1.79 bits per heavy atom. The van der Waals surface area contributed by atoms with Gasteiger partial charge in [0.25, 0.3) is 5.91 Å². The molecule has 0 bridgehead atoms. The molecule has 2 heterocycles. The molecule has 3 N–H and O–H groups in total. The maximum atomic E-state index is 12.5. The summed E-state index contributed by atoms with van der Waals surface area (Å²) in [5, 5.41) is 4.30. The fourth-order valence-corrected chi connectivity index (χ4v) is 4.91. The van der Waals surface area contributed by atoms with Crippen LogP contribution < -0.4 is 15.1 Å². The van der Waals surface area contributed by atoms with Crippen molar-refractivity contribution >= 4 is 27.5 Å². The predicted octanol–water partition coefficient (Wildman–Crippen LogP) is 0.285. The molecule has 0 unspecified atom stereocenters. The zero-order valence-electron chi connectivity index (χ0n) is 16.3. The van der Waals surface area contributed by atoms with Gasteiger partial charge in [0.2, 0.25) is 0 Å². The summed E-state index contributed by atoms with van der Waals surface area (Å²) in [6, 6.07) is 18.4. The largest absolute Gasteiger partial charge is 0.347 e. The number of nitrogens with one attached hydrogen (secondary N) is 3. The molecular formula is C22H28N4OS+2. The van der Waals surface area contributed by atoms with Gasteiger partial charge in [0.15, 0.2) is 6.04 Å². The highest BCUT2D eigenvalue weighted by Gasteiger charge is 2.31. The minimum atomic E-state index is -0.00675. The Bertz CT molecular complexity index is 885. The van der Waals surface area contributed by atoms with Crippen molar-refractivity contribution in [1.82, 2.24) is 10.3 Å². The number of benzene rings is 2. The van der Waals surface area contributed by atoms with Gasteiger partial charge in [-0.2, -0.15) is 0 Å². The number of quaternary nitrogens is 2. The van der Waals surface area contributed by atoms with Crippen molar-refractivity contribution in [2.24, 2.45) is 0 Å². The molecule has 2 aromatic carbocycles. The van der Waals surface area contributed by atoms with Crippen LogP contribution in [-0.2, 0) is 17.9 Å². The molecule has 1 aliphatic rings. The molecule has 0 radical (unpaired) electrons. The molecular weight excluding hydrogens is 368 g/mol. The third-order valence-electron chi connectivity index (χ3n) is 5.65. The predicted molar refractivity (Wildman–Crippen MR) is 112 cm³/mol. The van der Waals surface area contributed by atoms with Gasteiger partial charge >= 0.3 is 0 Å². The van der Waals surface area contributed by atoms with Gasteiger partial charge in [0.05, 0.1) is 10.2 Å². The minimum absolute atomic E-state index is 0.00675. The molecule has 5 nitrogen and oxygen atoms in total. The van der Waals surface area contributed by atoms with Gasteiger partial charge in [-0.1, -0.05) is 42.5 Å². The van der Waals surface area contributed by atoms with E-state index in [2.05, 4.69) is 23.5 Å². The van der Waals surface area contributed by atoms with E-state index < -0.39 is 0 Å². The lowest BCUT2D eigenvalue weighted by molar-refractivity contribution is -1.02. The second-order valence-electron chi connectivity index (χ2n) is 7.59. The Balaban J connectivity index is 1.25. The minimum Gasteiger partial charge on any atom is -0.347 e. The second-order valence-corrected chi connectivity index (χ2v) is 8.70. The molecule has 0 aliphatic carbocycles. The highest BCUT2D eigenvalue weighted by atomic mass is 32.1. The first-order chi connectivity index (χ1) is 13.7. The van der Waals surface area contributed by atoms with Crippen LogP contribution in [0.5, 0.6) is 0 Å². The number of nitrogens with zero attached hydrogens (tertiary/aromatic N) is 1. The molecule has 0 saturated carbocycles. The van der Waals surface area contributed by atoms with Crippen molar-refractivity contribution in [3.8, 4) is 0 Å². The summed E-state index contributed by atoms with van der Waals surface area (Å²) in [4.78, 5) is 20.3. The number of piperazine rings is 1. The Morgan fingerprint density at radius 3 is 2.54 bits per heavy atom. The van der Waals surface area contributed by atoms with Gasteiger partial charge in [0.1, 0.15) is 37.7 Å². The van der Waals surface area contributed by atoms with Crippen molar-refractivity contribution in [2.75, 3.05) is 26.2 Å². The third-order valence-corrected chi connectivity index (χ3v) is 6.69. The van der Waals surface area contributed by atoms with Crippen LogP contribution in [0.2, 0.25) is 0 Å². The molecule has 1 aromatic heterocycles. The highest BCUT2D eigenvalue weighted by molar-refractivity contribution is 7.18. The van der Waals surface area contributed by atoms with Crippen molar-refractivity contribution < 1.29 is 14.6 Å². The smallest absolute Gasteiger partial charge is 0.278 e. The number of aromatic nitrogens is 1. The van der Waals surface area contributed by atoms with Crippen LogP contribution in [0.4, 0.5) is 0 Å². The van der Waals surface area contributed by atoms with Gasteiger partial charge in [-0.25, -0.2) is 4.98 Å². The normalized spacial score (nSPS) is 20.8. The number of hydrogen-bond donors (Lipinski definition) is 3. The summed E-state index contributed by atoms with van der Waals surface area (Å²) in [6.45, 7) is 7.87. The maximum Gasteiger partial charge on any atom is 0.278 e. The van der Waals surface area contributed by atoms with Gasteiger partial charge in [0, 0.05) is 6.54 Å². The lowest BCUT2D eigenvalue weighted by Crippen LogP contribution is -3.29. The van der Waals surface area contributed by atoms with Gasteiger partial charge in [-0.3, -0.25) is 4.79 Å². The Labute approximate surface area is 170 Å². The van der Waals surface area contributed by atoms with E-state index in [9.17, 15) is 4.79 Å². The maximum absolute atomic E-state index is 12.5. The summed E-state index contributed by atoms with van der Waals surface area (Å²) < 4.78 is 1.27. The molecule has 6 heteroatoms. The van der Waals surface area contributed by atoms with Crippen LogP contribution >= 0.6 is 11.3 Å². The number of carbonyl (C=O) groups is 1. The number of carbonyl (C=O) groups excluding carboxylic acids is 1. The monoisotopic (exact) mass is 396 g/mol. The van der Waals surface area contributed by atoms with E-state index in [4.69, 9.17) is 4.98 Å². The molecule has 146 valence electrons.